The number of fused-ring (bicyclic) bond motifs is 1. The fourth-order valence-electron chi connectivity index (χ4n) is 3.94. The first-order valence-corrected chi connectivity index (χ1v) is 12.1. The van der Waals surface area contributed by atoms with Crippen LogP contribution in [-0.2, 0) is 0 Å². The van der Waals surface area contributed by atoms with Gasteiger partial charge in [-0.1, -0.05) is 0 Å². The molecule has 26 heavy (non-hydrogen) atoms. The summed E-state index contributed by atoms with van der Waals surface area (Å²) < 4.78 is 13.0. The summed E-state index contributed by atoms with van der Waals surface area (Å²) in [6.45, 7) is 8.47. The Morgan fingerprint density at radius 3 is 1.65 bits per heavy atom. The van der Waals surface area contributed by atoms with Gasteiger partial charge in [0, 0.05) is 0 Å². The van der Waals surface area contributed by atoms with E-state index in [-0.39, 0.29) is 25.5 Å². The monoisotopic (exact) mass is 448 g/mol. The molecule has 0 radical (unpaired) electrons. The van der Waals surface area contributed by atoms with Gasteiger partial charge in [0.25, 0.3) is 0 Å². The van der Waals surface area contributed by atoms with E-state index in [1.165, 1.54) is 0 Å². The zero-order valence-corrected chi connectivity index (χ0v) is 18.6. The van der Waals surface area contributed by atoms with Gasteiger partial charge >= 0.3 is 173 Å². The van der Waals surface area contributed by atoms with Gasteiger partial charge in [0.1, 0.15) is 0 Å². The number of allylic oxidation sites excluding steroid dienone is 1. The average molecular weight is 450 g/mol. The van der Waals surface area contributed by atoms with Gasteiger partial charge in [0.15, 0.2) is 0 Å². The minimum atomic E-state index is -3.29. The van der Waals surface area contributed by atoms with Crippen LogP contribution in [0, 0.1) is 5.41 Å². The summed E-state index contributed by atoms with van der Waals surface area (Å²) in [4.78, 5) is 0. The van der Waals surface area contributed by atoms with Gasteiger partial charge in [-0.25, -0.2) is 0 Å². The molecule has 1 spiro atoms. The Balaban J connectivity index is 1.93. The molecular formula is C19H17Cl4O2P. The molecule has 0 fully saturated rings. The maximum absolute atomic E-state index is 6.52. The molecule has 0 amide bonds. The molecule has 4 rings (SSSR count). The van der Waals surface area contributed by atoms with E-state index in [1.807, 2.05) is 24.9 Å². The molecule has 2 aromatic carbocycles. The SMILES string of the molecule is CC(C)(C)C1=C(c2ccccc2)P12(C)Oc1c(Cl)c(Cl)c(Cl)c(Cl)c1O2. The fraction of sp³-hybridized carbons (Fsp3) is 0.263. The van der Waals surface area contributed by atoms with E-state index in [0.717, 1.165) is 16.2 Å². The van der Waals surface area contributed by atoms with Crippen molar-refractivity contribution in [2.75, 3.05) is 6.66 Å². The molecule has 0 bridgehead atoms. The summed E-state index contributed by atoms with van der Waals surface area (Å²) in [5.74, 6) is 0.748. The van der Waals surface area contributed by atoms with E-state index in [2.05, 4.69) is 32.9 Å². The Bertz CT molecular complexity index is 956. The van der Waals surface area contributed by atoms with Crippen LogP contribution in [0.25, 0.3) is 5.31 Å². The Kier molecular flexibility index (Phi) is 3.93. The quantitative estimate of drug-likeness (QED) is 0.246. The molecule has 2 heterocycles. The van der Waals surface area contributed by atoms with Crippen molar-refractivity contribution in [2.45, 2.75) is 20.8 Å². The van der Waals surface area contributed by atoms with Gasteiger partial charge in [0.2, 0.25) is 0 Å². The summed E-state index contributed by atoms with van der Waals surface area (Å²) in [7, 11) is -3.29. The number of benzene rings is 2. The van der Waals surface area contributed by atoms with Gasteiger partial charge in [-0.2, -0.15) is 0 Å². The molecule has 0 N–H and O–H groups in total. The second-order valence-electron chi connectivity index (χ2n) is 7.77. The van der Waals surface area contributed by atoms with E-state index in [4.69, 9.17) is 55.5 Å². The van der Waals surface area contributed by atoms with Crippen molar-refractivity contribution < 1.29 is 9.05 Å². The first-order valence-electron chi connectivity index (χ1n) is 8.08. The number of hydrogen-bond acceptors (Lipinski definition) is 2. The van der Waals surface area contributed by atoms with Crippen LogP contribution in [0.2, 0.25) is 20.1 Å². The van der Waals surface area contributed by atoms with Crippen molar-refractivity contribution >= 4 is 58.8 Å². The standard InChI is InChI=1S/C19H17Cl4O2P/c1-19(2,3)18-17(10-8-6-5-7-9-10)26(18,4)24-15-13(22)11(20)12(21)14(23)16(15)25-26/h5-9H,1-4H3. The normalized spacial score (nSPS) is 20.8. The average Bonchev–Trinajstić information content (AvgIpc) is 3.00. The maximum atomic E-state index is 6.52. The second kappa shape index (κ2) is 5.46. The molecule has 0 unspecified atom stereocenters. The summed E-state index contributed by atoms with van der Waals surface area (Å²) in [6.07, 6.45) is 0. The predicted octanol–water partition coefficient (Wildman–Crippen LogP) is 8.51. The molecule has 2 aliphatic rings. The number of hydrogen-bond donors (Lipinski definition) is 0. The van der Waals surface area contributed by atoms with Crippen LogP contribution in [0.15, 0.2) is 35.6 Å². The summed E-state index contributed by atoms with van der Waals surface area (Å²) in [5, 5.41) is 3.06. The predicted molar refractivity (Wildman–Crippen MR) is 113 cm³/mol. The first-order chi connectivity index (χ1) is 12.0. The zero-order chi connectivity index (χ0) is 19.1. The molecule has 0 atom stereocenters. The summed E-state index contributed by atoms with van der Waals surface area (Å²) in [6, 6.07) is 10.1. The van der Waals surface area contributed by atoms with Crippen molar-refractivity contribution in [3.8, 4) is 11.5 Å². The van der Waals surface area contributed by atoms with Crippen LogP contribution in [0.5, 0.6) is 11.5 Å². The summed E-state index contributed by atoms with van der Waals surface area (Å²) >= 11 is 25.3. The Morgan fingerprint density at radius 2 is 1.23 bits per heavy atom. The molecule has 2 aliphatic heterocycles. The van der Waals surface area contributed by atoms with E-state index >= 15 is 0 Å². The van der Waals surface area contributed by atoms with Gasteiger partial charge in [0.05, 0.1) is 0 Å². The van der Waals surface area contributed by atoms with Crippen LogP contribution in [0.3, 0.4) is 0 Å². The zero-order valence-electron chi connectivity index (χ0n) is 14.7. The Labute approximate surface area is 173 Å². The van der Waals surface area contributed by atoms with Crippen molar-refractivity contribution in [1.29, 1.82) is 0 Å². The molecule has 0 saturated carbocycles. The van der Waals surface area contributed by atoms with Crippen LogP contribution in [0.4, 0.5) is 0 Å². The van der Waals surface area contributed by atoms with Crippen LogP contribution in [0.1, 0.15) is 26.3 Å². The Hall–Kier alpha value is -0.630. The van der Waals surface area contributed by atoms with Crippen LogP contribution < -0.4 is 9.05 Å². The minimum absolute atomic E-state index is 0.146. The first kappa shape index (κ1) is 18.7. The topological polar surface area (TPSA) is 18.5 Å². The van der Waals surface area contributed by atoms with Crippen LogP contribution >= 0.6 is 53.5 Å². The van der Waals surface area contributed by atoms with E-state index in [9.17, 15) is 0 Å². The van der Waals surface area contributed by atoms with E-state index < -0.39 is 7.06 Å². The fourth-order valence-corrected chi connectivity index (χ4v) is 10.6. The summed E-state index contributed by atoms with van der Waals surface area (Å²) in [5.41, 5.74) is 0.932. The van der Waals surface area contributed by atoms with Gasteiger partial charge in [-0.15, -0.1) is 0 Å². The Morgan fingerprint density at radius 1 is 0.769 bits per heavy atom. The third-order valence-electron chi connectivity index (χ3n) is 4.77. The number of halogens is 4. The van der Waals surface area contributed by atoms with Gasteiger partial charge in [-0.3, -0.25) is 0 Å². The van der Waals surface area contributed by atoms with Crippen molar-refractivity contribution in [3.05, 3.63) is 61.3 Å². The third kappa shape index (κ3) is 2.30. The molecule has 138 valence electrons. The van der Waals surface area contributed by atoms with Gasteiger partial charge < -0.3 is 0 Å². The molecule has 0 aliphatic carbocycles. The second-order valence-corrected chi connectivity index (χ2v) is 13.3. The van der Waals surface area contributed by atoms with Crippen molar-refractivity contribution in [1.82, 2.24) is 0 Å². The molecule has 0 aromatic heterocycles. The van der Waals surface area contributed by atoms with Crippen molar-refractivity contribution in [3.63, 3.8) is 0 Å². The van der Waals surface area contributed by atoms with Crippen LogP contribution in [-0.4, -0.2) is 6.66 Å². The van der Waals surface area contributed by atoms with Crippen molar-refractivity contribution in [2.24, 2.45) is 5.41 Å². The molecular weight excluding hydrogens is 433 g/mol. The van der Waals surface area contributed by atoms with E-state index in [1.54, 1.807) is 0 Å². The molecule has 2 nitrogen and oxygen atoms in total. The molecule has 0 saturated heterocycles. The van der Waals surface area contributed by atoms with Gasteiger partial charge in [-0.05, 0) is 0 Å². The number of rotatable bonds is 1. The van der Waals surface area contributed by atoms with E-state index in [0.29, 0.717) is 11.5 Å². The third-order valence-corrected chi connectivity index (χ3v) is 11.0. The molecule has 7 heteroatoms. The molecule has 2 aromatic rings.